The topological polar surface area (TPSA) is 68.8 Å². The van der Waals surface area contributed by atoms with Gasteiger partial charge in [0.1, 0.15) is 0 Å². The average Bonchev–Trinajstić information content (AvgIpc) is 2.68. The van der Waals surface area contributed by atoms with Crippen molar-refractivity contribution in [2.75, 3.05) is 11.5 Å². The van der Waals surface area contributed by atoms with Crippen LogP contribution in [0.3, 0.4) is 0 Å². The van der Waals surface area contributed by atoms with E-state index in [1.165, 1.54) is 24.3 Å². The fraction of sp³-hybridized carbons (Fsp3) is 0.800. The van der Waals surface area contributed by atoms with E-state index in [2.05, 4.69) is 31.7 Å². The molecule has 0 amide bonds. The minimum Gasteiger partial charge on any atom is -0.271 e. The molecule has 17 heavy (non-hydrogen) atoms. The van der Waals surface area contributed by atoms with Gasteiger partial charge in [0.05, 0.1) is 11.7 Å². The van der Waals surface area contributed by atoms with E-state index < -0.39 is 0 Å². The fourth-order valence-electron chi connectivity index (χ4n) is 2.28. The van der Waals surface area contributed by atoms with E-state index in [4.69, 9.17) is 5.84 Å². The van der Waals surface area contributed by atoms with Crippen molar-refractivity contribution in [2.24, 2.45) is 18.8 Å². The van der Waals surface area contributed by atoms with Crippen molar-refractivity contribution in [1.29, 1.82) is 0 Å². The van der Waals surface area contributed by atoms with E-state index in [-0.39, 0.29) is 6.04 Å². The van der Waals surface area contributed by atoms with Gasteiger partial charge in [-0.05, 0) is 52.6 Å². The van der Waals surface area contributed by atoms with Crippen LogP contribution < -0.4 is 11.3 Å². The van der Waals surface area contributed by atoms with E-state index in [1.54, 1.807) is 4.68 Å². The minimum atomic E-state index is 0.123. The van der Waals surface area contributed by atoms with Gasteiger partial charge in [-0.15, -0.1) is 5.10 Å². The van der Waals surface area contributed by atoms with Crippen molar-refractivity contribution in [3.05, 3.63) is 10.3 Å². The summed E-state index contributed by atoms with van der Waals surface area (Å²) in [7, 11) is 1.90. The molecular formula is C10H18BrN5S. The summed E-state index contributed by atoms with van der Waals surface area (Å²) in [5.74, 6) is 8.96. The third-order valence-corrected chi connectivity index (χ3v) is 4.88. The molecule has 1 aliphatic heterocycles. The van der Waals surface area contributed by atoms with Crippen molar-refractivity contribution in [3.63, 3.8) is 0 Å². The van der Waals surface area contributed by atoms with Crippen molar-refractivity contribution in [3.8, 4) is 0 Å². The number of nitrogens with zero attached hydrogens (tertiary/aromatic N) is 3. The minimum absolute atomic E-state index is 0.123. The Bertz CT molecular complexity index is 344. The molecule has 2 heterocycles. The summed E-state index contributed by atoms with van der Waals surface area (Å²) in [5, 5.41) is 8.01. The highest BCUT2D eigenvalue weighted by Gasteiger charge is 2.24. The number of aryl methyl sites for hydroxylation is 1. The summed E-state index contributed by atoms with van der Waals surface area (Å²) in [6.45, 7) is 0. The first-order valence-electron chi connectivity index (χ1n) is 5.81. The van der Waals surface area contributed by atoms with Crippen LogP contribution in [-0.2, 0) is 7.05 Å². The highest BCUT2D eigenvalue weighted by Crippen LogP contribution is 2.32. The largest absolute Gasteiger partial charge is 0.271 e. The average molecular weight is 320 g/mol. The first-order valence-corrected chi connectivity index (χ1v) is 7.76. The molecule has 96 valence electrons. The van der Waals surface area contributed by atoms with Gasteiger partial charge in [0.2, 0.25) is 0 Å². The monoisotopic (exact) mass is 319 g/mol. The number of hydrogen-bond donors (Lipinski definition) is 2. The Labute approximate surface area is 114 Å². The molecule has 0 spiro atoms. The second kappa shape index (κ2) is 6.17. The van der Waals surface area contributed by atoms with E-state index >= 15 is 0 Å². The van der Waals surface area contributed by atoms with Crippen LogP contribution in [-0.4, -0.2) is 26.5 Å². The maximum Gasteiger partial charge on any atom is 0.153 e. The molecular weight excluding hydrogens is 302 g/mol. The molecule has 5 nitrogen and oxygen atoms in total. The van der Waals surface area contributed by atoms with Gasteiger partial charge in [0.25, 0.3) is 0 Å². The van der Waals surface area contributed by atoms with Crippen molar-refractivity contribution in [2.45, 2.75) is 25.3 Å². The van der Waals surface area contributed by atoms with Gasteiger partial charge in [0, 0.05) is 7.05 Å². The molecule has 0 saturated carbocycles. The van der Waals surface area contributed by atoms with Crippen LogP contribution in [0.4, 0.5) is 0 Å². The molecule has 7 heteroatoms. The highest BCUT2D eigenvalue weighted by atomic mass is 79.9. The quantitative estimate of drug-likeness (QED) is 0.652. The summed E-state index contributed by atoms with van der Waals surface area (Å²) >= 11 is 5.48. The van der Waals surface area contributed by atoms with E-state index in [0.717, 1.165) is 22.6 Å². The zero-order valence-corrected chi connectivity index (χ0v) is 12.3. The molecule has 0 aromatic carbocycles. The normalized spacial score (nSPS) is 19.5. The molecule has 2 rings (SSSR count). The van der Waals surface area contributed by atoms with Gasteiger partial charge >= 0.3 is 0 Å². The Kier molecular flexibility index (Phi) is 4.84. The van der Waals surface area contributed by atoms with Gasteiger partial charge in [-0.2, -0.15) is 11.8 Å². The Balaban J connectivity index is 2.05. The fourth-order valence-corrected chi connectivity index (χ4v) is 4.09. The van der Waals surface area contributed by atoms with Gasteiger partial charge in [-0.1, -0.05) is 5.21 Å². The molecule has 3 N–H and O–H groups in total. The smallest absolute Gasteiger partial charge is 0.153 e. The van der Waals surface area contributed by atoms with E-state index in [9.17, 15) is 0 Å². The third-order valence-electron chi connectivity index (χ3n) is 3.27. The van der Waals surface area contributed by atoms with Gasteiger partial charge < -0.3 is 0 Å². The third kappa shape index (κ3) is 3.21. The van der Waals surface area contributed by atoms with Gasteiger partial charge in [-0.25, -0.2) is 4.68 Å². The number of rotatable bonds is 4. The first kappa shape index (κ1) is 13.3. The zero-order valence-electron chi connectivity index (χ0n) is 9.90. The Morgan fingerprint density at radius 1 is 1.59 bits per heavy atom. The lowest BCUT2D eigenvalue weighted by Gasteiger charge is -2.25. The molecule has 1 fully saturated rings. The Morgan fingerprint density at radius 3 is 2.82 bits per heavy atom. The van der Waals surface area contributed by atoms with E-state index in [0.29, 0.717) is 0 Å². The number of hydrogen-bond acceptors (Lipinski definition) is 5. The number of halogens is 1. The molecule has 1 atom stereocenters. The van der Waals surface area contributed by atoms with Crippen LogP contribution in [0.2, 0.25) is 0 Å². The lowest BCUT2D eigenvalue weighted by Crippen LogP contribution is -2.32. The Morgan fingerprint density at radius 2 is 2.29 bits per heavy atom. The zero-order chi connectivity index (χ0) is 12.3. The summed E-state index contributed by atoms with van der Waals surface area (Å²) in [4.78, 5) is 0. The van der Waals surface area contributed by atoms with E-state index in [1.807, 2.05) is 18.8 Å². The van der Waals surface area contributed by atoms with Crippen molar-refractivity contribution in [1.82, 2.24) is 20.4 Å². The molecule has 1 aromatic rings. The second-order valence-corrected chi connectivity index (χ2v) is 6.38. The number of hydrazine groups is 1. The van der Waals surface area contributed by atoms with Crippen molar-refractivity contribution < 1.29 is 0 Å². The lowest BCUT2D eigenvalue weighted by molar-refractivity contribution is 0.361. The number of nitrogens with one attached hydrogen (secondary N) is 1. The van der Waals surface area contributed by atoms with Crippen LogP contribution in [0.5, 0.6) is 0 Å². The molecule has 0 bridgehead atoms. The summed E-state index contributed by atoms with van der Waals surface area (Å²) in [5.41, 5.74) is 3.93. The summed E-state index contributed by atoms with van der Waals surface area (Å²) in [6, 6.07) is 0.123. The summed E-state index contributed by atoms with van der Waals surface area (Å²) in [6.07, 6.45) is 3.62. The second-order valence-electron chi connectivity index (χ2n) is 4.40. The van der Waals surface area contributed by atoms with Crippen molar-refractivity contribution >= 4 is 27.7 Å². The molecule has 0 aliphatic carbocycles. The molecule has 0 radical (unpaired) electrons. The predicted octanol–water partition coefficient (Wildman–Crippen LogP) is 1.62. The molecule has 1 aromatic heterocycles. The highest BCUT2D eigenvalue weighted by molar-refractivity contribution is 9.10. The van der Waals surface area contributed by atoms with Crippen LogP contribution >= 0.6 is 27.7 Å². The maximum atomic E-state index is 5.67. The predicted molar refractivity (Wildman–Crippen MR) is 73.4 cm³/mol. The lowest BCUT2D eigenvalue weighted by atomic mass is 9.93. The van der Waals surface area contributed by atoms with Gasteiger partial charge in [0.15, 0.2) is 4.60 Å². The van der Waals surface area contributed by atoms with Crippen LogP contribution in [0.15, 0.2) is 4.60 Å². The SMILES string of the molecule is Cn1nnc(Br)c1C(CC1CCSCC1)NN. The number of thioether (sulfide) groups is 1. The first-order chi connectivity index (χ1) is 8.22. The Hall–Kier alpha value is -0.110. The number of nitrogens with two attached hydrogens (primary N) is 1. The molecule has 1 saturated heterocycles. The van der Waals surface area contributed by atoms with Gasteiger partial charge in [-0.3, -0.25) is 11.3 Å². The maximum absolute atomic E-state index is 5.67. The summed E-state index contributed by atoms with van der Waals surface area (Å²) < 4.78 is 2.57. The van der Waals surface area contributed by atoms with Crippen LogP contribution in [0.25, 0.3) is 0 Å². The van der Waals surface area contributed by atoms with Crippen LogP contribution in [0, 0.1) is 5.92 Å². The standard InChI is InChI=1S/C10H18BrN5S/c1-16-9(10(11)14-15-16)8(13-12)6-7-2-4-17-5-3-7/h7-8,13H,2-6,12H2,1H3. The van der Waals surface area contributed by atoms with Crippen LogP contribution in [0.1, 0.15) is 31.0 Å². The number of aromatic nitrogens is 3. The molecule has 1 aliphatic rings. The molecule has 1 unspecified atom stereocenters.